The molecule has 2 aromatic rings. The minimum absolute atomic E-state index is 0.0795. The lowest BCUT2D eigenvalue weighted by Crippen LogP contribution is -2.13. The predicted molar refractivity (Wildman–Crippen MR) is 79.5 cm³/mol. The smallest absolute Gasteiger partial charge is 0.255 e. The summed E-state index contributed by atoms with van der Waals surface area (Å²) in [5, 5.41) is 2.90. The van der Waals surface area contributed by atoms with Gasteiger partial charge in [0.1, 0.15) is 0 Å². The Morgan fingerprint density at radius 1 is 0.895 bits per heavy atom. The van der Waals surface area contributed by atoms with Crippen LogP contribution in [-0.4, -0.2) is 5.91 Å². The van der Waals surface area contributed by atoms with Crippen LogP contribution < -0.4 is 5.32 Å². The van der Waals surface area contributed by atoms with E-state index in [9.17, 15) is 4.79 Å². The van der Waals surface area contributed by atoms with Crippen LogP contribution >= 0.6 is 0 Å². The van der Waals surface area contributed by atoms with Gasteiger partial charge in [0.25, 0.3) is 5.91 Å². The van der Waals surface area contributed by atoms with Gasteiger partial charge < -0.3 is 5.32 Å². The van der Waals surface area contributed by atoms with Crippen molar-refractivity contribution in [1.29, 1.82) is 0 Å². The molecule has 0 saturated carbocycles. The topological polar surface area (TPSA) is 29.1 Å². The van der Waals surface area contributed by atoms with E-state index in [0.29, 0.717) is 5.56 Å². The third-order valence-corrected chi connectivity index (χ3v) is 3.04. The highest BCUT2D eigenvalue weighted by Crippen LogP contribution is 2.23. The third kappa shape index (κ3) is 3.44. The lowest BCUT2D eigenvalue weighted by molar-refractivity contribution is 0.102. The maximum absolute atomic E-state index is 12.0. The standard InChI is InChI=1S/C17H19NO/c1-17(2,3)14-9-11-15(12-10-14)18-16(19)13-7-5-4-6-8-13/h4-12H,1-3H3,(H,18,19). The van der Waals surface area contributed by atoms with E-state index in [1.165, 1.54) is 5.56 Å². The van der Waals surface area contributed by atoms with Gasteiger partial charge in [0.2, 0.25) is 0 Å². The Balaban J connectivity index is 2.10. The van der Waals surface area contributed by atoms with Crippen LogP contribution in [0.25, 0.3) is 0 Å². The first-order valence-corrected chi connectivity index (χ1v) is 6.44. The lowest BCUT2D eigenvalue weighted by atomic mass is 9.87. The van der Waals surface area contributed by atoms with Crippen molar-refractivity contribution in [2.45, 2.75) is 26.2 Å². The molecule has 0 heterocycles. The van der Waals surface area contributed by atoms with Crippen molar-refractivity contribution in [1.82, 2.24) is 0 Å². The number of nitrogens with one attached hydrogen (secondary N) is 1. The molecule has 0 aliphatic heterocycles. The molecule has 1 amide bonds. The quantitative estimate of drug-likeness (QED) is 0.852. The number of rotatable bonds is 2. The van der Waals surface area contributed by atoms with Crippen LogP contribution in [-0.2, 0) is 5.41 Å². The number of amides is 1. The second-order valence-electron chi connectivity index (χ2n) is 5.65. The molecule has 0 aliphatic carbocycles. The fourth-order valence-electron chi connectivity index (χ4n) is 1.85. The summed E-state index contributed by atoms with van der Waals surface area (Å²) in [4.78, 5) is 12.0. The summed E-state index contributed by atoms with van der Waals surface area (Å²) >= 11 is 0. The van der Waals surface area contributed by atoms with Crippen LogP contribution in [0.1, 0.15) is 36.7 Å². The van der Waals surface area contributed by atoms with E-state index in [-0.39, 0.29) is 11.3 Å². The Labute approximate surface area is 114 Å². The average Bonchev–Trinajstić information content (AvgIpc) is 2.39. The van der Waals surface area contributed by atoms with Gasteiger partial charge >= 0.3 is 0 Å². The maximum Gasteiger partial charge on any atom is 0.255 e. The number of hydrogen-bond donors (Lipinski definition) is 1. The average molecular weight is 253 g/mol. The molecule has 0 atom stereocenters. The van der Waals surface area contributed by atoms with E-state index in [2.05, 4.69) is 38.2 Å². The second-order valence-corrected chi connectivity index (χ2v) is 5.65. The van der Waals surface area contributed by atoms with Gasteiger partial charge in [-0.2, -0.15) is 0 Å². The van der Waals surface area contributed by atoms with Crippen molar-refractivity contribution in [2.75, 3.05) is 5.32 Å². The van der Waals surface area contributed by atoms with Crippen LogP contribution in [0.4, 0.5) is 5.69 Å². The molecule has 2 nitrogen and oxygen atoms in total. The Hall–Kier alpha value is -2.09. The van der Waals surface area contributed by atoms with E-state index >= 15 is 0 Å². The lowest BCUT2D eigenvalue weighted by Gasteiger charge is -2.19. The summed E-state index contributed by atoms with van der Waals surface area (Å²) in [7, 11) is 0. The number of carbonyl (C=O) groups excluding carboxylic acids is 1. The Morgan fingerprint density at radius 2 is 1.47 bits per heavy atom. The van der Waals surface area contributed by atoms with Gasteiger partial charge in [0, 0.05) is 11.3 Å². The molecule has 0 aromatic heterocycles. The summed E-state index contributed by atoms with van der Waals surface area (Å²) in [6.07, 6.45) is 0. The minimum Gasteiger partial charge on any atom is -0.322 e. The molecule has 0 unspecified atom stereocenters. The molecule has 19 heavy (non-hydrogen) atoms. The Bertz CT molecular complexity index is 550. The Kier molecular flexibility index (Phi) is 3.70. The zero-order chi connectivity index (χ0) is 13.9. The molecule has 2 rings (SSSR count). The van der Waals surface area contributed by atoms with Crippen molar-refractivity contribution in [2.24, 2.45) is 0 Å². The largest absolute Gasteiger partial charge is 0.322 e. The molecule has 2 aromatic carbocycles. The van der Waals surface area contributed by atoms with Crippen LogP contribution in [0.3, 0.4) is 0 Å². The van der Waals surface area contributed by atoms with Crippen LogP contribution in [0.5, 0.6) is 0 Å². The fourth-order valence-corrected chi connectivity index (χ4v) is 1.85. The van der Waals surface area contributed by atoms with Crippen molar-refractivity contribution in [3.63, 3.8) is 0 Å². The van der Waals surface area contributed by atoms with Gasteiger partial charge in [0.15, 0.2) is 0 Å². The highest BCUT2D eigenvalue weighted by Gasteiger charge is 2.13. The minimum atomic E-state index is -0.0795. The summed E-state index contributed by atoms with van der Waals surface area (Å²) < 4.78 is 0. The molecule has 0 spiro atoms. The first-order valence-electron chi connectivity index (χ1n) is 6.44. The van der Waals surface area contributed by atoms with Crippen LogP contribution in [0, 0.1) is 0 Å². The monoisotopic (exact) mass is 253 g/mol. The summed E-state index contributed by atoms with van der Waals surface area (Å²) in [6, 6.07) is 17.2. The SMILES string of the molecule is CC(C)(C)c1ccc(NC(=O)c2ccccc2)cc1. The fraction of sp³-hybridized carbons (Fsp3) is 0.235. The molecule has 2 heteroatoms. The molecule has 0 bridgehead atoms. The summed E-state index contributed by atoms with van der Waals surface area (Å²) in [6.45, 7) is 6.51. The predicted octanol–water partition coefficient (Wildman–Crippen LogP) is 4.24. The van der Waals surface area contributed by atoms with Gasteiger partial charge in [-0.3, -0.25) is 4.79 Å². The van der Waals surface area contributed by atoms with Gasteiger partial charge in [-0.05, 0) is 35.2 Å². The van der Waals surface area contributed by atoms with Crippen molar-refractivity contribution in [3.05, 3.63) is 65.7 Å². The highest BCUT2D eigenvalue weighted by molar-refractivity contribution is 6.04. The number of hydrogen-bond acceptors (Lipinski definition) is 1. The second kappa shape index (κ2) is 5.27. The number of anilines is 1. The van der Waals surface area contributed by atoms with Crippen LogP contribution in [0.2, 0.25) is 0 Å². The molecule has 0 saturated heterocycles. The van der Waals surface area contributed by atoms with Crippen molar-refractivity contribution < 1.29 is 4.79 Å². The van der Waals surface area contributed by atoms with Gasteiger partial charge in [-0.15, -0.1) is 0 Å². The van der Waals surface area contributed by atoms with Gasteiger partial charge in [-0.1, -0.05) is 51.1 Å². The van der Waals surface area contributed by atoms with Gasteiger partial charge in [-0.25, -0.2) is 0 Å². The van der Waals surface area contributed by atoms with E-state index < -0.39 is 0 Å². The molecule has 0 radical (unpaired) electrons. The zero-order valence-electron chi connectivity index (χ0n) is 11.6. The number of carbonyl (C=O) groups is 1. The Morgan fingerprint density at radius 3 is 2.00 bits per heavy atom. The summed E-state index contributed by atoms with van der Waals surface area (Å²) in [5.41, 5.74) is 2.87. The first kappa shape index (κ1) is 13.3. The molecule has 0 aliphatic rings. The molecular weight excluding hydrogens is 234 g/mol. The van der Waals surface area contributed by atoms with E-state index in [4.69, 9.17) is 0 Å². The highest BCUT2D eigenvalue weighted by atomic mass is 16.1. The first-order chi connectivity index (χ1) is 8.97. The molecule has 1 N–H and O–H groups in total. The van der Waals surface area contributed by atoms with E-state index in [0.717, 1.165) is 5.69 Å². The van der Waals surface area contributed by atoms with Crippen LogP contribution in [0.15, 0.2) is 54.6 Å². The summed E-state index contributed by atoms with van der Waals surface area (Å²) in [5.74, 6) is -0.0795. The normalized spacial score (nSPS) is 11.1. The van der Waals surface area contributed by atoms with Crippen molar-refractivity contribution in [3.8, 4) is 0 Å². The van der Waals surface area contributed by atoms with Gasteiger partial charge in [0.05, 0.1) is 0 Å². The van der Waals surface area contributed by atoms with E-state index in [1.807, 2.05) is 30.3 Å². The maximum atomic E-state index is 12.0. The van der Waals surface area contributed by atoms with Crippen molar-refractivity contribution >= 4 is 11.6 Å². The molecule has 98 valence electrons. The number of benzene rings is 2. The third-order valence-electron chi connectivity index (χ3n) is 3.04. The molecular formula is C17H19NO. The molecule has 0 fully saturated rings. The van der Waals surface area contributed by atoms with E-state index in [1.54, 1.807) is 12.1 Å². The zero-order valence-corrected chi connectivity index (χ0v) is 11.6.